The zero-order valence-electron chi connectivity index (χ0n) is 14.5. The normalized spacial score (nSPS) is 10.9. The molecule has 27 heavy (non-hydrogen) atoms. The number of hydrogen-bond acceptors (Lipinski definition) is 5. The summed E-state index contributed by atoms with van der Waals surface area (Å²) < 4.78 is 11.8. The van der Waals surface area contributed by atoms with Gasteiger partial charge in [0.05, 0.1) is 24.5 Å². The Kier molecular flexibility index (Phi) is 4.68. The molecule has 0 aliphatic carbocycles. The second kappa shape index (κ2) is 7.28. The Morgan fingerprint density at radius 1 is 1.15 bits per heavy atom. The molecule has 3 heterocycles. The molecule has 0 radical (unpaired) electrons. The summed E-state index contributed by atoms with van der Waals surface area (Å²) in [4.78, 5) is 17.0. The fourth-order valence-corrected chi connectivity index (χ4v) is 2.95. The lowest BCUT2D eigenvalue weighted by atomic mass is 10.2. The third kappa shape index (κ3) is 3.73. The fraction of sp³-hybridized carbons (Fsp3) is 0.100. The number of aryl methyl sites for hydroxylation is 1. The van der Waals surface area contributed by atoms with E-state index in [2.05, 4.69) is 31.5 Å². The van der Waals surface area contributed by atoms with Crippen LogP contribution in [0.25, 0.3) is 11.0 Å². The summed E-state index contributed by atoms with van der Waals surface area (Å²) in [5.41, 5.74) is 2.82. The van der Waals surface area contributed by atoms with E-state index in [0.29, 0.717) is 23.7 Å². The predicted molar refractivity (Wildman–Crippen MR) is 106 cm³/mol. The molecule has 0 atom stereocenters. The molecule has 1 amide bonds. The van der Waals surface area contributed by atoms with Gasteiger partial charge in [0, 0.05) is 16.2 Å². The molecule has 4 rings (SSSR count). The van der Waals surface area contributed by atoms with Crippen molar-refractivity contribution in [2.24, 2.45) is 0 Å². The molecule has 0 saturated heterocycles. The van der Waals surface area contributed by atoms with Crippen LogP contribution in [0.15, 0.2) is 68.3 Å². The number of nitrogens with zero attached hydrogens (tertiary/aromatic N) is 1. The quantitative estimate of drug-likeness (QED) is 0.461. The first-order valence-corrected chi connectivity index (χ1v) is 9.11. The minimum atomic E-state index is -0.306. The highest BCUT2D eigenvalue weighted by molar-refractivity contribution is 9.10. The van der Waals surface area contributed by atoms with Crippen LogP contribution in [-0.4, -0.2) is 10.9 Å². The van der Waals surface area contributed by atoms with E-state index in [1.54, 1.807) is 30.7 Å². The van der Waals surface area contributed by atoms with Gasteiger partial charge in [-0.05, 0) is 48.9 Å². The average Bonchev–Trinajstić information content (AvgIpc) is 3.34. The Labute approximate surface area is 163 Å². The molecule has 3 aromatic heterocycles. The van der Waals surface area contributed by atoms with E-state index < -0.39 is 0 Å². The standard InChI is InChI=1S/C20H16BrN3O3/c1-12-9-13(4-5-16(12)21)23-19-15-6-8-27-18(15)10-17(24-19)20(25)22-11-14-3-2-7-26-14/h2-10H,11H2,1H3,(H,22,25)(H,23,24). The van der Waals surface area contributed by atoms with Gasteiger partial charge in [-0.1, -0.05) is 15.9 Å². The molecule has 4 aromatic rings. The van der Waals surface area contributed by atoms with Crippen LogP contribution in [0.1, 0.15) is 21.8 Å². The number of nitrogens with one attached hydrogen (secondary N) is 2. The third-order valence-electron chi connectivity index (χ3n) is 4.11. The number of fused-ring (bicyclic) bond motifs is 1. The summed E-state index contributed by atoms with van der Waals surface area (Å²) in [6.45, 7) is 2.30. The molecule has 6 nitrogen and oxygen atoms in total. The molecule has 0 bridgehead atoms. The van der Waals surface area contributed by atoms with Crippen molar-refractivity contribution in [3.05, 3.63) is 76.5 Å². The summed E-state index contributed by atoms with van der Waals surface area (Å²) in [6.07, 6.45) is 3.14. The molecule has 136 valence electrons. The monoisotopic (exact) mass is 425 g/mol. The van der Waals surface area contributed by atoms with E-state index in [1.165, 1.54) is 0 Å². The molecule has 7 heteroatoms. The number of benzene rings is 1. The SMILES string of the molecule is Cc1cc(Nc2nc(C(=O)NCc3ccco3)cc3occc23)ccc1Br. The highest BCUT2D eigenvalue weighted by Crippen LogP contribution is 2.28. The zero-order valence-corrected chi connectivity index (χ0v) is 16.0. The number of carbonyl (C=O) groups is 1. The van der Waals surface area contributed by atoms with Crippen LogP contribution in [-0.2, 0) is 6.54 Å². The minimum Gasteiger partial charge on any atom is -0.467 e. The van der Waals surface area contributed by atoms with Gasteiger partial charge in [0.15, 0.2) is 0 Å². The van der Waals surface area contributed by atoms with Gasteiger partial charge in [0.2, 0.25) is 0 Å². The molecular weight excluding hydrogens is 410 g/mol. The lowest BCUT2D eigenvalue weighted by molar-refractivity contribution is 0.0943. The number of amides is 1. The Morgan fingerprint density at radius 2 is 2.04 bits per heavy atom. The fourth-order valence-electron chi connectivity index (χ4n) is 2.71. The maximum Gasteiger partial charge on any atom is 0.270 e. The number of carbonyl (C=O) groups excluding carboxylic acids is 1. The summed E-state index contributed by atoms with van der Waals surface area (Å²) in [5, 5.41) is 6.87. The van der Waals surface area contributed by atoms with E-state index in [0.717, 1.165) is 21.1 Å². The average molecular weight is 426 g/mol. The van der Waals surface area contributed by atoms with Gasteiger partial charge in [-0.2, -0.15) is 0 Å². The number of rotatable bonds is 5. The van der Waals surface area contributed by atoms with Crippen LogP contribution in [0.5, 0.6) is 0 Å². The molecule has 0 spiro atoms. The summed E-state index contributed by atoms with van der Waals surface area (Å²) in [6, 6.07) is 12.9. The van der Waals surface area contributed by atoms with Crippen molar-refractivity contribution in [1.82, 2.24) is 10.3 Å². The van der Waals surface area contributed by atoms with Crippen molar-refractivity contribution in [1.29, 1.82) is 0 Å². The topological polar surface area (TPSA) is 80.3 Å². The van der Waals surface area contributed by atoms with Crippen molar-refractivity contribution >= 4 is 44.3 Å². The van der Waals surface area contributed by atoms with Crippen molar-refractivity contribution in [2.45, 2.75) is 13.5 Å². The first-order valence-electron chi connectivity index (χ1n) is 8.32. The molecule has 2 N–H and O–H groups in total. The number of furan rings is 2. The van der Waals surface area contributed by atoms with E-state index in [1.807, 2.05) is 31.2 Å². The Hall–Kier alpha value is -3.06. The number of hydrogen-bond donors (Lipinski definition) is 2. The number of aromatic nitrogens is 1. The van der Waals surface area contributed by atoms with Gasteiger partial charge in [-0.25, -0.2) is 4.98 Å². The molecule has 0 aliphatic heterocycles. The van der Waals surface area contributed by atoms with Gasteiger partial charge < -0.3 is 19.5 Å². The second-order valence-electron chi connectivity index (χ2n) is 6.04. The summed E-state index contributed by atoms with van der Waals surface area (Å²) in [7, 11) is 0. The van der Waals surface area contributed by atoms with Crippen LogP contribution in [0.4, 0.5) is 11.5 Å². The second-order valence-corrected chi connectivity index (χ2v) is 6.89. The number of anilines is 2. The van der Waals surface area contributed by atoms with Crippen molar-refractivity contribution in [2.75, 3.05) is 5.32 Å². The highest BCUT2D eigenvalue weighted by Gasteiger charge is 2.15. The Morgan fingerprint density at radius 3 is 2.81 bits per heavy atom. The van der Waals surface area contributed by atoms with Crippen LogP contribution < -0.4 is 10.6 Å². The highest BCUT2D eigenvalue weighted by atomic mass is 79.9. The largest absolute Gasteiger partial charge is 0.467 e. The third-order valence-corrected chi connectivity index (χ3v) is 5.00. The van der Waals surface area contributed by atoms with Gasteiger partial charge >= 0.3 is 0 Å². The molecule has 0 fully saturated rings. The first-order chi connectivity index (χ1) is 13.1. The molecular formula is C20H16BrN3O3. The van der Waals surface area contributed by atoms with Crippen LogP contribution >= 0.6 is 15.9 Å². The maximum absolute atomic E-state index is 12.5. The van der Waals surface area contributed by atoms with E-state index in [9.17, 15) is 4.79 Å². The summed E-state index contributed by atoms with van der Waals surface area (Å²) >= 11 is 3.49. The molecule has 0 saturated carbocycles. The van der Waals surface area contributed by atoms with Gasteiger partial charge in [0.25, 0.3) is 5.91 Å². The van der Waals surface area contributed by atoms with Gasteiger partial charge in [-0.15, -0.1) is 0 Å². The van der Waals surface area contributed by atoms with Crippen LogP contribution in [0.2, 0.25) is 0 Å². The number of halogens is 1. The minimum absolute atomic E-state index is 0.264. The van der Waals surface area contributed by atoms with Crippen molar-refractivity contribution in [3.63, 3.8) is 0 Å². The van der Waals surface area contributed by atoms with Crippen molar-refractivity contribution < 1.29 is 13.6 Å². The maximum atomic E-state index is 12.5. The molecule has 0 unspecified atom stereocenters. The van der Waals surface area contributed by atoms with E-state index >= 15 is 0 Å². The Balaban J connectivity index is 1.62. The number of pyridine rings is 1. The predicted octanol–water partition coefficient (Wildman–Crippen LogP) is 5.17. The van der Waals surface area contributed by atoms with E-state index in [-0.39, 0.29) is 11.6 Å². The zero-order chi connectivity index (χ0) is 18.8. The first kappa shape index (κ1) is 17.4. The lowest BCUT2D eigenvalue weighted by Crippen LogP contribution is -2.23. The lowest BCUT2D eigenvalue weighted by Gasteiger charge is -2.10. The van der Waals surface area contributed by atoms with E-state index in [4.69, 9.17) is 8.83 Å². The van der Waals surface area contributed by atoms with Gasteiger partial charge in [0.1, 0.15) is 22.9 Å². The molecule has 0 aliphatic rings. The summed E-state index contributed by atoms with van der Waals surface area (Å²) in [5.74, 6) is 0.928. The molecule has 1 aromatic carbocycles. The van der Waals surface area contributed by atoms with Gasteiger partial charge in [-0.3, -0.25) is 4.79 Å². The van der Waals surface area contributed by atoms with Crippen LogP contribution in [0.3, 0.4) is 0 Å². The smallest absolute Gasteiger partial charge is 0.270 e. The van der Waals surface area contributed by atoms with Crippen LogP contribution in [0, 0.1) is 6.92 Å². The van der Waals surface area contributed by atoms with Crippen molar-refractivity contribution in [3.8, 4) is 0 Å². The Bertz CT molecular complexity index is 1100.